The van der Waals surface area contributed by atoms with Crippen LogP contribution in [0.25, 0.3) is 0 Å². The minimum atomic E-state index is -0.521. The molecular weight excluding hydrogens is 420 g/mol. The lowest BCUT2D eigenvalue weighted by Crippen LogP contribution is -2.23. The van der Waals surface area contributed by atoms with Crippen LogP contribution in [0.4, 0.5) is 22.7 Å². The second-order valence-corrected chi connectivity index (χ2v) is 7.10. The van der Waals surface area contributed by atoms with Gasteiger partial charge < -0.3 is 16.0 Å². The first-order valence-corrected chi connectivity index (χ1v) is 9.66. The van der Waals surface area contributed by atoms with Gasteiger partial charge in [-0.3, -0.25) is 19.7 Å². The van der Waals surface area contributed by atoms with Crippen LogP contribution in [0.3, 0.4) is 0 Å². The largest absolute Gasteiger partial charge is 0.374 e. The Hall–Kier alpha value is -3.91. The van der Waals surface area contributed by atoms with Crippen molar-refractivity contribution in [1.82, 2.24) is 0 Å². The van der Waals surface area contributed by atoms with Crippen LogP contribution in [0.2, 0.25) is 5.02 Å². The van der Waals surface area contributed by atoms with Crippen LogP contribution in [0.5, 0.6) is 0 Å². The highest BCUT2D eigenvalue weighted by molar-refractivity contribution is 6.30. The van der Waals surface area contributed by atoms with E-state index < -0.39 is 4.92 Å². The van der Waals surface area contributed by atoms with Crippen LogP contribution >= 0.6 is 11.6 Å². The molecule has 0 heterocycles. The van der Waals surface area contributed by atoms with E-state index in [1.807, 2.05) is 0 Å². The summed E-state index contributed by atoms with van der Waals surface area (Å²) in [4.78, 5) is 35.3. The molecule has 3 rings (SSSR count). The lowest BCUT2D eigenvalue weighted by atomic mass is 10.2. The van der Waals surface area contributed by atoms with Crippen molar-refractivity contribution in [2.45, 2.75) is 6.92 Å². The molecule has 0 unspecified atom stereocenters. The van der Waals surface area contributed by atoms with Gasteiger partial charge in [-0.1, -0.05) is 29.8 Å². The van der Waals surface area contributed by atoms with E-state index in [0.29, 0.717) is 33.2 Å². The van der Waals surface area contributed by atoms with Gasteiger partial charge in [0.05, 0.1) is 28.5 Å². The molecule has 0 saturated heterocycles. The molecule has 0 aromatic heterocycles. The van der Waals surface area contributed by atoms with Gasteiger partial charge in [0, 0.05) is 22.7 Å². The molecule has 0 atom stereocenters. The molecule has 0 aliphatic carbocycles. The van der Waals surface area contributed by atoms with Crippen molar-refractivity contribution in [2.24, 2.45) is 0 Å². The number of non-ortho nitro benzene ring substituents is 1. The molecule has 0 radical (unpaired) electrons. The summed E-state index contributed by atoms with van der Waals surface area (Å²) >= 11 is 5.85. The smallest absolute Gasteiger partial charge is 0.271 e. The standard InChI is InChI=1S/C22H19ClN4O4/c1-14-6-11-17(27(30)31)12-20(14)25-21(28)13-24-18-4-2-3-5-19(18)26-22(29)15-7-9-16(23)10-8-15/h2-12,24H,13H2,1H3,(H,25,28)(H,26,29). The number of nitro benzene ring substituents is 1. The Labute approximate surface area is 183 Å². The second kappa shape index (κ2) is 9.73. The molecule has 3 aromatic carbocycles. The van der Waals surface area contributed by atoms with Crippen LogP contribution in [0, 0.1) is 17.0 Å². The monoisotopic (exact) mass is 438 g/mol. The summed E-state index contributed by atoms with van der Waals surface area (Å²) in [5.41, 5.74) is 2.46. The fourth-order valence-corrected chi connectivity index (χ4v) is 2.90. The molecular formula is C22H19ClN4O4. The Morgan fingerprint density at radius 3 is 2.29 bits per heavy atom. The summed E-state index contributed by atoms with van der Waals surface area (Å²) < 4.78 is 0. The Morgan fingerprint density at radius 1 is 0.935 bits per heavy atom. The quantitative estimate of drug-likeness (QED) is 0.360. The van der Waals surface area contributed by atoms with Gasteiger partial charge in [0.25, 0.3) is 11.6 Å². The maximum Gasteiger partial charge on any atom is 0.271 e. The number of anilines is 3. The number of hydrogen-bond donors (Lipinski definition) is 3. The number of benzene rings is 3. The zero-order valence-corrected chi connectivity index (χ0v) is 17.3. The van der Waals surface area contributed by atoms with E-state index in [9.17, 15) is 19.7 Å². The molecule has 3 aromatic rings. The molecule has 3 N–H and O–H groups in total. The van der Waals surface area contributed by atoms with Crippen LogP contribution in [-0.4, -0.2) is 23.3 Å². The van der Waals surface area contributed by atoms with Gasteiger partial charge >= 0.3 is 0 Å². The van der Waals surface area contributed by atoms with E-state index in [4.69, 9.17) is 11.6 Å². The van der Waals surface area contributed by atoms with Crippen molar-refractivity contribution in [1.29, 1.82) is 0 Å². The van der Waals surface area contributed by atoms with Crippen LogP contribution in [-0.2, 0) is 4.79 Å². The first kappa shape index (κ1) is 21.8. The molecule has 31 heavy (non-hydrogen) atoms. The first-order chi connectivity index (χ1) is 14.8. The summed E-state index contributed by atoms with van der Waals surface area (Å²) in [7, 11) is 0. The minimum absolute atomic E-state index is 0.101. The van der Waals surface area contributed by atoms with Crippen LogP contribution < -0.4 is 16.0 Å². The number of para-hydroxylation sites is 2. The highest BCUT2D eigenvalue weighted by atomic mass is 35.5. The predicted octanol–water partition coefficient (Wildman–Crippen LogP) is 4.86. The zero-order valence-electron chi connectivity index (χ0n) is 16.5. The topological polar surface area (TPSA) is 113 Å². The van der Waals surface area contributed by atoms with Crippen LogP contribution in [0.15, 0.2) is 66.7 Å². The molecule has 158 valence electrons. The number of halogens is 1. The molecule has 9 heteroatoms. The van der Waals surface area contributed by atoms with Gasteiger partial charge in [0.15, 0.2) is 0 Å². The zero-order chi connectivity index (χ0) is 22.4. The molecule has 0 aliphatic rings. The molecule has 0 bridgehead atoms. The number of nitro groups is 1. The molecule has 2 amide bonds. The Bertz CT molecular complexity index is 1130. The summed E-state index contributed by atoms with van der Waals surface area (Å²) in [6, 6.07) is 17.7. The van der Waals surface area contributed by atoms with Crippen molar-refractivity contribution < 1.29 is 14.5 Å². The van der Waals surface area contributed by atoms with Crippen molar-refractivity contribution in [2.75, 3.05) is 22.5 Å². The van der Waals surface area contributed by atoms with E-state index >= 15 is 0 Å². The van der Waals surface area contributed by atoms with E-state index in [2.05, 4.69) is 16.0 Å². The summed E-state index contributed by atoms with van der Waals surface area (Å²) in [5, 5.41) is 19.9. The number of aryl methyl sites for hydroxylation is 1. The van der Waals surface area contributed by atoms with E-state index in [1.165, 1.54) is 12.1 Å². The maximum absolute atomic E-state index is 12.5. The first-order valence-electron chi connectivity index (χ1n) is 9.28. The molecule has 0 saturated carbocycles. The lowest BCUT2D eigenvalue weighted by Gasteiger charge is -2.14. The highest BCUT2D eigenvalue weighted by Gasteiger charge is 2.13. The number of carbonyl (C=O) groups excluding carboxylic acids is 2. The summed E-state index contributed by atoms with van der Waals surface area (Å²) in [6.07, 6.45) is 0. The Morgan fingerprint density at radius 2 is 1.61 bits per heavy atom. The maximum atomic E-state index is 12.5. The minimum Gasteiger partial charge on any atom is -0.374 e. The van der Waals surface area contributed by atoms with Crippen molar-refractivity contribution in [3.8, 4) is 0 Å². The Kier molecular flexibility index (Phi) is 6.84. The number of nitrogens with one attached hydrogen (secondary N) is 3. The van der Waals surface area contributed by atoms with Gasteiger partial charge in [-0.15, -0.1) is 0 Å². The fourth-order valence-electron chi connectivity index (χ4n) is 2.77. The molecule has 0 spiro atoms. The SMILES string of the molecule is Cc1ccc([N+](=O)[O-])cc1NC(=O)CNc1ccccc1NC(=O)c1ccc(Cl)cc1. The summed E-state index contributed by atoms with van der Waals surface area (Å²) in [6.45, 7) is 1.64. The molecule has 8 nitrogen and oxygen atoms in total. The third-order valence-electron chi connectivity index (χ3n) is 4.43. The number of carbonyl (C=O) groups is 2. The fraction of sp³-hybridized carbons (Fsp3) is 0.0909. The second-order valence-electron chi connectivity index (χ2n) is 6.66. The van der Waals surface area contributed by atoms with Gasteiger partial charge in [-0.25, -0.2) is 0 Å². The average Bonchev–Trinajstić information content (AvgIpc) is 2.75. The normalized spacial score (nSPS) is 10.3. The van der Waals surface area contributed by atoms with Gasteiger partial charge in [0.1, 0.15) is 0 Å². The van der Waals surface area contributed by atoms with E-state index in [0.717, 1.165) is 0 Å². The third-order valence-corrected chi connectivity index (χ3v) is 4.68. The van der Waals surface area contributed by atoms with Crippen molar-refractivity contribution in [3.05, 3.63) is 93.0 Å². The molecule has 0 fully saturated rings. The van der Waals surface area contributed by atoms with Gasteiger partial charge in [0.2, 0.25) is 5.91 Å². The van der Waals surface area contributed by atoms with Crippen molar-refractivity contribution in [3.63, 3.8) is 0 Å². The molecule has 0 aliphatic heterocycles. The number of rotatable bonds is 7. The van der Waals surface area contributed by atoms with Gasteiger partial charge in [-0.2, -0.15) is 0 Å². The average molecular weight is 439 g/mol. The van der Waals surface area contributed by atoms with Gasteiger partial charge in [-0.05, 0) is 48.9 Å². The number of nitrogens with zero attached hydrogens (tertiary/aromatic N) is 1. The number of amides is 2. The Balaban J connectivity index is 1.65. The lowest BCUT2D eigenvalue weighted by molar-refractivity contribution is -0.384. The van der Waals surface area contributed by atoms with Crippen LogP contribution in [0.1, 0.15) is 15.9 Å². The predicted molar refractivity (Wildman–Crippen MR) is 121 cm³/mol. The highest BCUT2D eigenvalue weighted by Crippen LogP contribution is 2.23. The number of hydrogen-bond acceptors (Lipinski definition) is 5. The van der Waals surface area contributed by atoms with Crippen molar-refractivity contribution >= 4 is 46.2 Å². The summed E-state index contributed by atoms with van der Waals surface area (Å²) in [5.74, 6) is -0.704. The van der Waals surface area contributed by atoms with E-state index in [1.54, 1.807) is 61.5 Å². The van der Waals surface area contributed by atoms with E-state index in [-0.39, 0.29) is 24.0 Å². The third kappa shape index (κ3) is 5.80.